The minimum absolute atomic E-state index is 0.0287. The first-order chi connectivity index (χ1) is 9.16. The van der Waals surface area contributed by atoms with Gasteiger partial charge in [-0.2, -0.15) is 0 Å². The predicted octanol–water partition coefficient (Wildman–Crippen LogP) is 3.91. The number of carbonyl (C=O) groups is 2. The average Bonchev–Trinajstić information content (AvgIpc) is 2.35. The average molecular weight is 267 g/mol. The Kier molecular flexibility index (Phi) is 12.5. The number of hydrogen-bond acceptors (Lipinski definition) is 2. The molecule has 0 unspecified atom stereocenters. The van der Waals surface area contributed by atoms with Gasteiger partial charge in [0.1, 0.15) is 5.78 Å². The highest BCUT2D eigenvalue weighted by Gasteiger charge is 2.04. The van der Waals surface area contributed by atoms with Crippen LogP contribution < -0.4 is 5.73 Å². The molecule has 0 radical (unpaired) electrons. The van der Waals surface area contributed by atoms with Crippen LogP contribution in [0.15, 0.2) is 12.2 Å². The van der Waals surface area contributed by atoms with Gasteiger partial charge in [0.25, 0.3) is 0 Å². The van der Waals surface area contributed by atoms with E-state index in [0.717, 1.165) is 25.7 Å². The molecule has 0 spiro atoms. The van der Waals surface area contributed by atoms with Gasteiger partial charge in [-0.05, 0) is 32.1 Å². The van der Waals surface area contributed by atoms with E-state index in [1.807, 2.05) is 0 Å². The monoisotopic (exact) mass is 267 g/mol. The third-order valence-corrected chi connectivity index (χ3v) is 3.09. The SMILES string of the molecule is CCCCCC/C=C\CCCCCC(=O)CC(N)=O. The Bertz CT molecular complexity index is 272. The Morgan fingerprint density at radius 1 is 0.895 bits per heavy atom. The summed E-state index contributed by atoms with van der Waals surface area (Å²) in [5, 5.41) is 0. The second kappa shape index (κ2) is 13.3. The summed E-state index contributed by atoms with van der Waals surface area (Å²) in [5.74, 6) is -0.546. The van der Waals surface area contributed by atoms with Crippen LogP contribution in [-0.4, -0.2) is 11.7 Å². The zero-order valence-corrected chi connectivity index (χ0v) is 12.3. The summed E-state index contributed by atoms with van der Waals surface area (Å²) in [6.45, 7) is 2.23. The van der Waals surface area contributed by atoms with Crippen molar-refractivity contribution in [3.63, 3.8) is 0 Å². The van der Waals surface area contributed by atoms with Crippen LogP contribution in [0.1, 0.15) is 77.6 Å². The van der Waals surface area contributed by atoms with Gasteiger partial charge < -0.3 is 5.73 Å². The van der Waals surface area contributed by atoms with Gasteiger partial charge in [0.15, 0.2) is 0 Å². The molecule has 0 aliphatic heterocycles. The highest BCUT2D eigenvalue weighted by atomic mass is 16.2. The van der Waals surface area contributed by atoms with Crippen molar-refractivity contribution in [2.24, 2.45) is 5.73 Å². The maximum Gasteiger partial charge on any atom is 0.224 e. The maximum absolute atomic E-state index is 11.2. The fourth-order valence-corrected chi connectivity index (χ4v) is 1.97. The fraction of sp³-hybridized carbons (Fsp3) is 0.750. The number of primary amides is 1. The van der Waals surface area contributed by atoms with Crippen LogP contribution in [0.5, 0.6) is 0 Å². The second-order valence-electron chi connectivity index (χ2n) is 5.10. The smallest absolute Gasteiger partial charge is 0.224 e. The molecule has 0 saturated carbocycles. The van der Waals surface area contributed by atoms with Gasteiger partial charge in [-0.3, -0.25) is 9.59 Å². The number of Topliss-reactive ketones (excluding diaryl/α,β-unsaturated/α-hetero) is 1. The fourth-order valence-electron chi connectivity index (χ4n) is 1.97. The number of nitrogens with two attached hydrogens (primary N) is 1. The summed E-state index contributed by atoms with van der Waals surface area (Å²) < 4.78 is 0. The Hall–Kier alpha value is -1.12. The third-order valence-electron chi connectivity index (χ3n) is 3.09. The molecule has 3 nitrogen and oxygen atoms in total. The topological polar surface area (TPSA) is 60.2 Å². The van der Waals surface area contributed by atoms with Crippen molar-refractivity contribution in [3.05, 3.63) is 12.2 Å². The van der Waals surface area contributed by atoms with E-state index in [2.05, 4.69) is 19.1 Å². The molecule has 110 valence electrons. The zero-order chi connectivity index (χ0) is 14.3. The van der Waals surface area contributed by atoms with Gasteiger partial charge in [-0.25, -0.2) is 0 Å². The number of amides is 1. The van der Waals surface area contributed by atoms with Gasteiger partial charge >= 0.3 is 0 Å². The molecule has 0 saturated heterocycles. The molecule has 2 N–H and O–H groups in total. The van der Waals surface area contributed by atoms with Gasteiger partial charge in [0.05, 0.1) is 6.42 Å². The molecule has 0 aromatic rings. The lowest BCUT2D eigenvalue weighted by Gasteiger charge is -1.98. The van der Waals surface area contributed by atoms with Crippen LogP contribution >= 0.6 is 0 Å². The van der Waals surface area contributed by atoms with E-state index in [9.17, 15) is 9.59 Å². The Morgan fingerprint density at radius 3 is 2.00 bits per heavy atom. The molecule has 0 aromatic carbocycles. The van der Waals surface area contributed by atoms with Crippen LogP contribution in [0.3, 0.4) is 0 Å². The van der Waals surface area contributed by atoms with E-state index in [1.165, 1.54) is 32.1 Å². The highest BCUT2D eigenvalue weighted by molar-refractivity contribution is 5.97. The molecular weight excluding hydrogens is 238 g/mol. The van der Waals surface area contributed by atoms with E-state index in [1.54, 1.807) is 0 Å². The van der Waals surface area contributed by atoms with Gasteiger partial charge in [-0.15, -0.1) is 0 Å². The molecule has 0 bridgehead atoms. The molecule has 0 aliphatic carbocycles. The van der Waals surface area contributed by atoms with Crippen molar-refractivity contribution in [2.45, 2.75) is 77.6 Å². The van der Waals surface area contributed by atoms with Gasteiger partial charge in [0.2, 0.25) is 5.91 Å². The number of ketones is 1. The Morgan fingerprint density at radius 2 is 1.47 bits per heavy atom. The molecular formula is C16H29NO2. The van der Waals surface area contributed by atoms with Gasteiger partial charge in [0, 0.05) is 6.42 Å². The van der Waals surface area contributed by atoms with Crippen molar-refractivity contribution >= 4 is 11.7 Å². The van der Waals surface area contributed by atoms with E-state index < -0.39 is 5.91 Å². The third kappa shape index (κ3) is 14.8. The van der Waals surface area contributed by atoms with E-state index in [4.69, 9.17) is 5.73 Å². The quantitative estimate of drug-likeness (QED) is 0.312. The first-order valence-corrected chi connectivity index (χ1v) is 7.61. The van der Waals surface area contributed by atoms with E-state index >= 15 is 0 Å². The Labute approximate surface area is 117 Å². The Balaban J connectivity index is 3.24. The molecule has 0 aromatic heterocycles. The van der Waals surface area contributed by atoms with Crippen LogP contribution in [0.4, 0.5) is 0 Å². The van der Waals surface area contributed by atoms with Crippen LogP contribution in [-0.2, 0) is 9.59 Å². The summed E-state index contributed by atoms with van der Waals surface area (Å²) >= 11 is 0. The van der Waals surface area contributed by atoms with Crippen molar-refractivity contribution in [1.29, 1.82) is 0 Å². The molecule has 0 heterocycles. The number of carbonyl (C=O) groups excluding carboxylic acids is 2. The summed E-state index contributed by atoms with van der Waals surface area (Å²) in [6, 6.07) is 0. The number of unbranched alkanes of at least 4 members (excludes halogenated alkanes) is 7. The lowest BCUT2D eigenvalue weighted by molar-refractivity contribution is -0.126. The van der Waals surface area contributed by atoms with Crippen molar-refractivity contribution in [2.75, 3.05) is 0 Å². The summed E-state index contributed by atoms with van der Waals surface area (Å²) in [7, 11) is 0. The van der Waals surface area contributed by atoms with Crippen molar-refractivity contribution < 1.29 is 9.59 Å². The predicted molar refractivity (Wildman–Crippen MR) is 79.8 cm³/mol. The molecule has 19 heavy (non-hydrogen) atoms. The van der Waals surface area contributed by atoms with E-state index in [-0.39, 0.29) is 12.2 Å². The second-order valence-corrected chi connectivity index (χ2v) is 5.10. The molecule has 0 fully saturated rings. The summed E-state index contributed by atoms with van der Waals surface area (Å²) in [4.78, 5) is 21.7. The minimum atomic E-state index is -0.518. The zero-order valence-electron chi connectivity index (χ0n) is 12.3. The van der Waals surface area contributed by atoms with Crippen LogP contribution in [0.2, 0.25) is 0 Å². The van der Waals surface area contributed by atoms with Crippen molar-refractivity contribution in [3.8, 4) is 0 Å². The lowest BCUT2D eigenvalue weighted by Crippen LogP contribution is -2.15. The molecule has 3 heteroatoms. The highest BCUT2D eigenvalue weighted by Crippen LogP contribution is 2.07. The number of hydrogen-bond donors (Lipinski definition) is 1. The summed E-state index contributed by atoms with van der Waals surface area (Å²) in [5.41, 5.74) is 4.95. The standard InChI is InChI=1S/C16H29NO2/c1-2-3-4-5-6-7-8-9-10-11-12-13-15(18)14-16(17)19/h7-8H,2-6,9-14H2,1H3,(H2,17,19)/b8-7-. The van der Waals surface area contributed by atoms with Crippen LogP contribution in [0, 0.1) is 0 Å². The van der Waals surface area contributed by atoms with E-state index in [0.29, 0.717) is 6.42 Å². The number of rotatable bonds is 13. The minimum Gasteiger partial charge on any atom is -0.369 e. The first kappa shape index (κ1) is 17.9. The molecule has 0 rings (SSSR count). The molecule has 1 amide bonds. The first-order valence-electron chi connectivity index (χ1n) is 7.61. The lowest BCUT2D eigenvalue weighted by atomic mass is 10.1. The summed E-state index contributed by atoms with van der Waals surface area (Å²) in [6.07, 6.45) is 15.5. The number of allylic oxidation sites excluding steroid dienone is 2. The normalized spacial score (nSPS) is 11.0. The van der Waals surface area contributed by atoms with Crippen LogP contribution in [0.25, 0.3) is 0 Å². The molecule has 0 aliphatic rings. The van der Waals surface area contributed by atoms with Crippen molar-refractivity contribution in [1.82, 2.24) is 0 Å². The largest absolute Gasteiger partial charge is 0.369 e. The maximum atomic E-state index is 11.2. The van der Waals surface area contributed by atoms with Gasteiger partial charge in [-0.1, -0.05) is 44.8 Å². The molecule has 0 atom stereocenters.